The molecule has 154 valence electrons. The Labute approximate surface area is 172 Å². The smallest absolute Gasteiger partial charge is 0.228 e. The number of nitrogens with zero attached hydrogens (tertiary/aromatic N) is 2. The van der Waals surface area contributed by atoms with E-state index >= 15 is 0 Å². The van der Waals surface area contributed by atoms with Crippen molar-refractivity contribution in [1.29, 1.82) is 0 Å². The minimum absolute atomic E-state index is 0.0131. The second-order valence-electron chi connectivity index (χ2n) is 7.40. The van der Waals surface area contributed by atoms with Gasteiger partial charge in [-0.2, -0.15) is 0 Å². The fourth-order valence-corrected chi connectivity index (χ4v) is 3.63. The molecule has 6 nitrogen and oxygen atoms in total. The first kappa shape index (κ1) is 20.8. The number of aromatic nitrogens is 1. The lowest BCUT2D eigenvalue weighted by atomic mass is 9.95. The zero-order valence-electron chi connectivity index (χ0n) is 17.2. The summed E-state index contributed by atoms with van der Waals surface area (Å²) in [6, 6.07) is 11.6. The van der Waals surface area contributed by atoms with Gasteiger partial charge in [0.15, 0.2) is 0 Å². The quantitative estimate of drug-likeness (QED) is 0.778. The minimum Gasteiger partial charge on any atom is -0.494 e. The number of anilines is 1. The van der Waals surface area contributed by atoms with Gasteiger partial charge < -0.3 is 15.0 Å². The summed E-state index contributed by atoms with van der Waals surface area (Å²) in [5.74, 6) is 1.47. The molecule has 6 heteroatoms. The normalized spacial score (nSPS) is 14.5. The Balaban J connectivity index is 1.46. The largest absolute Gasteiger partial charge is 0.494 e. The molecule has 0 atom stereocenters. The Morgan fingerprint density at radius 3 is 2.69 bits per heavy atom. The summed E-state index contributed by atoms with van der Waals surface area (Å²) in [7, 11) is 0. The third-order valence-corrected chi connectivity index (χ3v) is 5.27. The summed E-state index contributed by atoms with van der Waals surface area (Å²) in [5, 5.41) is 2.89. The maximum absolute atomic E-state index is 12.6. The van der Waals surface area contributed by atoms with Gasteiger partial charge in [-0.3, -0.25) is 9.59 Å². The topological polar surface area (TPSA) is 71.5 Å². The highest BCUT2D eigenvalue weighted by molar-refractivity contribution is 5.92. The fourth-order valence-electron chi connectivity index (χ4n) is 3.63. The predicted molar refractivity (Wildman–Crippen MR) is 113 cm³/mol. The summed E-state index contributed by atoms with van der Waals surface area (Å²) in [4.78, 5) is 31.2. The van der Waals surface area contributed by atoms with Crippen molar-refractivity contribution in [3.63, 3.8) is 0 Å². The molecule has 1 aromatic heterocycles. The number of rotatable bonds is 7. The maximum Gasteiger partial charge on any atom is 0.228 e. The molecule has 0 unspecified atom stereocenters. The lowest BCUT2D eigenvalue weighted by Gasteiger charge is -2.31. The molecule has 0 radical (unpaired) electrons. The number of likely N-dealkylation sites (tertiary alicyclic amines) is 1. The molecular formula is C23H29N3O3. The van der Waals surface area contributed by atoms with Crippen LogP contribution >= 0.6 is 0 Å². The van der Waals surface area contributed by atoms with Gasteiger partial charge in [-0.25, -0.2) is 4.98 Å². The number of pyridine rings is 1. The summed E-state index contributed by atoms with van der Waals surface area (Å²) in [5.41, 5.74) is 2.12. The number of carbonyl (C=O) groups is 2. The number of nitrogens with one attached hydrogen (secondary N) is 1. The first-order chi connectivity index (χ1) is 14.1. The second kappa shape index (κ2) is 10.0. The van der Waals surface area contributed by atoms with Crippen LogP contribution < -0.4 is 10.1 Å². The van der Waals surface area contributed by atoms with Crippen LogP contribution in [-0.2, 0) is 16.0 Å². The number of carbonyl (C=O) groups excluding carboxylic acids is 2. The van der Waals surface area contributed by atoms with Crippen molar-refractivity contribution >= 4 is 17.6 Å². The van der Waals surface area contributed by atoms with Crippen LogP contribution in [0.15, 0.2) is 42.6 Å². The Kier molecular flexibility index (Phi) is 7.22. The number of hydrogen-bond donors (Lipinski definition) is 1. The van der Waals surface area contributed by atoms with Crippen molar-refractivity contribution in [1.82, 2.24) is 9.88 Å². The summed E-state index contributed by atoms with van der Waals surface area (Å²) >= 11 is 0. The van der Waals surface area contributed by atoms with E-state index in [2.05, 4.69) is 10.3 Å². The van der Waals surface area contributed by atoms with E-state index in [1.165, 1.54) is 0 Å². The number of aryl methyl sites for hydroxylation is 2. The Bertz CT molecular complexity index is 845. The van der Waals surface area contributed by atoms with Crippen molar-refractivity contribution in [3.8, 4) is 5.75 Å². The standard InChI is InChI=1S/C23H29N3O3/c1-3-29-20-7-5-4-6-18(20)8-9-22(27)26-14-11-19(12-15-26)23(28)25-21-16-17(2)10-13-24-21/h4-7,10,13,16,19H,3,8-9,11-12,14-15H2,1-2H3,(H,24,25,28). The van der Waals surface area contributed by atoms with Crippen molar-refractivity contribution in [2.75, 3.05) is 25.0 Å². The zero-order chi connectivity index (χ0) is 20.6. The maximum atomic E-state index is 12.6. The zero-order valence-corrected chi connectivity index (χ0v) is 17.2. The van der Waals surface area contributed by atoms with Crippen LogP contribution in [0, 0.1) is 12.8 Å². The molecule has 1 aliphatic rings. The Morgan fingerprint density at radius 2 is 1.97 bits per heavy atom. The van der Waals surface area contributed by atoms with Crippen LogP contribution in [0.2, 0.25) is 0 Å². The molecule has 1 saturated heterocycles. The first-order valence-electron chi connectivity index (χ1n) is 10.3. The van der Waals surface area contributed by atoms with Crippen molar-refractivity contribution in [3.05, 3.63) is 53.7 Å². The molecule has 0 bridgehead atoms. The third kappa shape index (κ3) is 5.79. The molecule has 3 rings (SSSR count). The molecule has 2 amide bonds. The van der Waals surface area contributed by atoms with E-state index in [1.54, 1.807) is 6.20 Å². The highest BCUT2D eigenvalue weighted by Gasteiger charge is 2.27. The van der Waals surface area contributed by atoms with Crippen LogP contribution in [0.5, 0.6) is 5.75 Å². The van der Waals surface area contributed by atoms with Crippen LogP contribution in [0.1, 0.15) is 37.3 Å². The van der Waals surface area contributed by atoms with Crippen molar-refractivity contribution in [2.24, 2.45) is 5.92 Å². The molecule has 2 aromatic rings. The monoisotopic (exact) mass is 395 g/mol. The first-order valence-corrected chi connectivity index (χ1v) is 10.3. The van der Waals surface area contributed by atoms with Gasteiger partial charge in [-0.05, 0) is 62.4 Å². The van der Waals surface area contributed by atoms with Gasteiger partial charge in [-0.1, -0.05) is 18.2 Å². The van der Waals surface area contributed by atoms with Gasteiger partial charge in [0, 0.05) is 31.6 Å². The van der Waals surface area contributed by atoms with Crippen LogP contribution in [0.3, 0.4) is 0 Å². The van der Waals surface area contributed by atoms with Crippen LogP contribution in [-0.4, -0.2) is 41.4 Å². The number of amides is 2. The summed E-state index contributed by atoms with van der Waals surface area (Å²) in [6.45, 7) is 5.76. The van der Waals surface area contributed by atoms with E-state index in [0.29, 0.717) is 51.2 Å². The summed E-state index contributed by atoms with van der Waals surface area (Å²) in [6.07, 6.45) is 4.16. The molecule has 29 heavy (non-hydrogen) atoms. The fraction of sp³-hybridized carbons (Fsp3) is 0.435. The highest BCUT2D eigenvalue weighted by Crippen LogP contribution is 2.22. The predicted octanol–water partition coefficient (Wildman–Crippen LogP) is 3.60. The van der Waals surface area contributed by atoms with Gasteiger partial charge in [0.2, 0.25) is 11.8 Å². The number of benzene rings is 1. The van der Waals surface area contributed by atoms with Gasteiger partial charge in [0.05, 0.1) is 6.61 Å². The van der Waals surface area contributed by atoms with E-state index < -0.39 is 0 Å². The van der Waals surface area contributed by atoms with E-state index in [9.17, 15) is 9.59 Å². The molecule has 1 aromatic carbocycles. The SMILES string of the molecule is CCOc1ccccc1CCC(=O)N1CCC(C(=O)Nc2cc(C)ccn2)CC1. The van der Waals surface area contributed by atoms with E-state index in [1.807, 2.05) is 55.1 Å². The number of para-hydroxylation sites is 1. The molecule has 1 fully saturated rings. The summed E-state index contributed by atoms with van der Waals surface area (Å²) < 4.78 is 5.64. The molecule has 0 spiro atoms. The van der Waals surface area contributed by atoms with Gasteiger partial charge in [0.25, 0.3) is 0 Å². The molecule has 1 N–H and O–H groups in total. The van der Waals surface area contributed by atoms with E-state index in [0.717, 1.165) is 16.9 Å². The van der Waals surface area contributed by atoms with Gasteiger partial charge in [-0.15, -0.1) is 0 Å². The second-order valence-corrected chi connectivity index (χ2v) is 7.40. The molecule has 0 saturated carbocycles. The van der Waals surface area contributed by atoms with E-state index in [-0.39, 0.29) is 17.7 Å². The lowest BCUT2D eigenvalue weighted by molar-refractivity contribution is -0.134. The highest BCUT2D eigenvalue weighted by atomic mass is 16.5. The minimum atomic E-state index is -0.0833. The Hall–Kier alpha value is -2.89. The molecular weight excluding hydrogens is 366 g/mol. The average Bonchev–Trinajstić information content (AvgIpc) is 2.73. The molecule has 2 heterocycles. The van der Waals surface area contributed by atoms with Crippen molar-refractivity contribution in [2.45, 2.75) is 39.5 Å². The number of ether oxygens (including phenoxy) is 1. The molecule has 1 aliphatic heterocycles. The average molecular weight is 396 g/mol. The Morgan fingerprint density at radius 1 is 1.21 bits per heavy atom. The van der Waals surface area contributed by atoms with Gasteiger partial charge >= 0.3 is 0 Å². The van der Waals surface area contributed by atoms with Crippen LogP contribution in [0.25, 0.3) is 0 Å². The molecule has 0 aliphatic carbocycles. The van der Waals surface area contributed by atoms with Crippen LogP contribution in [0.4, 0.5) is 5.82 Å². The lowest BCUT2D eigenvalue weighted by Crippen LogP contribution is -2.41. The van der Waals surface area contributed by atoms with E-state index in [4.69, 9.17) is 4.74 Å². The van der Waals surface area contributed by atoms with Gasteiger partial charge in [0.1, 0.15) is 11.6 Å². The number of piperidine rings is 1. The van der Waals surface area contributed by atoms with Crippen molar-refractivity contribution < 1.29 is 14.3 Å². The third-order valence-electron chi connectivity index (χ3n) is 5.27. The number of hydrogen-bond acceptors (Lipinski definition) is 4.